The maximum atomic E-state index is 8.81. The molecule has 0 amide bonds. The molecule has 4 nitrogen and oxygen atoms in total. The SMILES string of the molecule is N#Cc1ccc(CSC2=NC[NH+](Cc3ccccc3)CN2)cc1. The lowest BCUT2D eigenvalue weighted by atomic mass is 10.2. The van der Waals surface area contributed by atoms with E-state index in [9.17, 15) is 0 Å². The second-order valence-corrected chi connectivity index (χ2v) is 6.45. The summed E-state index contributed by atoms with van der Waals surface area (Å²) < 4.78 is 0. The second-order valence-electron chi connectivity index (χ2n) is 5.48. The number of hydrogen-bond acceptors (Lipinski definition) is 4. The molecule has 0 fully saturated rings. The van der Waals surface area contributed by atoms with Crippen LogP contribution in [-0.4, -0.2) is 18.5 Å². The molecule has 3 rings (SSSR count). The Bertz CT molecular complexity index is 704. The molecule has 2 aromatic rings. The van der Waals surface area contributed by atoms with Crippen LogP contribution in [0.15, 0.2) is 59.6 Å². The molecule has 23 heavy (non-hydrogen) atoms. The Hall–Kier alpha value is -2.29. The number of nitrogens with one attached hydrogen (secondary N) is 2. The Kier molecular flexibility index (Phi) is 5.30. The third-order valence-electron chi connectivity index (χ3n) is 3.69. The highest BCUT2D eigenvalue weighted by molar-refractivity contribution is 8.13. The average molecular weight is 323 g/mol. The van der Waals surface area contributed by atoms with Crippen LogP contribution in [0.1, 0.15) is 16.7 Å². The van der Waals surface area contributed by atoms with E-state index in [1.165, 1.54) is 16.0 Å². The van der Waals surface area contributed by atoms with Crippen LogP contribution in [0.4, 0.5) is 0 Å². The van der Waals surface area contributed by atoms with Gasteiger partial charge in [-0.3, -0.25) is 4.90 Å². The highest BCUT2D eigenvalue weighted by Crippen LogP contribution is 2.14. The van der Waals surface area contributed by atoms with E-state index in [1.807, 2.05) is 30.3 Å². The molecule has 2 aromatic carbocycles. The minimum Gasteiger partial charge on any atom is -0.318 e. The molecule has 1 atom stereocenters. The van der Waals surface area contributed by atoms with Gasteiger partial charge in [0.15, 0.2) is 18.5 Å². The van der Waals surface area contributed by atoms with Gasteiger partial charge in [-0.1, -0.05) is 54.2 Å². The number of rotatable bonds is 4. The van der Waals surface area contributed by atoms with Gasteiger partial charge < -0.3 is 5.32 Å². The van der Waals surface area contributed by atoms with Gasteiger partial charge in [-0.05, 0) is 17.7 Å². The Morgan fingerprint density at radius 2 is 1.87 bits per heavy atom. The van der Waals surface area contributed by atoms with Crippen molar-refractivity contribution >= 4 is 16.9 Å². The largest absolute Gasteiger partial charge is 0.318 e. The van der Waals surface area contributed by atoms with Gasteiger partial charge in [0.25, 0.3) is 0 Å². The highest BCUT2D eigenvalue weighted by atomic mass is 32.2. The number of aliphatic imine (C=N–C) groups is 1. The highest BCUT2D eigenvalue weighted by Gasteiger charge is 2.15. The molecule has 0 aliphatic carbocycles. The number of benzene rings is 2. The Morgan fingerprint density at radius 3 is 2.52 bits per heavy atom. The first-order chi connectivity index (χ1) is 11.3. The fourth-order valence-corrected chi connectivity index (χ4v) is 3.25. The number of nitrogens with zero attached hydrogens (tertiary/aromatic N) is 2. The van der Waals surface area contributed by atoms with E-state index in [1.54, 1.807) is 11.8 Å². The number of quaternary nitrogens is 1. The van der Waals surface area contributed by atoms with Gasteiger partial charge in [0.1, 0.15) is 6.54 Å². The predicted octanol–water partition coefficient (Wildman–Crippen LogP) is 1.75. The van der Waals surface area contributed by atoms with E-state index in [0.29, 0.717) is 5.56 Å². The smallest absolute Gasteiger partial charge is 0.175 e. The fraction of sp³-hybridized carbons (Fsp3) is 0.222. The van der Waals surface area contributed by atoms with Crippen molar-refractivity contribution in [3.05, 3.63) is 71.3 Å². The van der Waals surface area contributed by atoms with Crippen molar-refractivity contribution in [2.45, 2.75) is 12.3 Å². The first-order valence-electron chi connectivity index (χ1n) is 7.61. The van der Waals surface area contributed by atoms with Crippen LogP contribution in [-0.2, 0) is 12.3 Å². The number of thioether (sulfide) groups is 1. The molecule has 1 unspecified atom stereocenters. The molecule has 1 aliphatic rings. The third-order valence-corrected chi connectivity index (χ3v) is 4.72. The lowest BCUT2D eigenvalue weighted by molar-refractivity contribution is -0.916. The maximum Gasteiger partial charge on any atom is 0.175 e. The first-order valence-corrected chi connectivity index (χ1v) is 8.60. The van der Waals surface area contributed by atoms with E-state index in [4.69, 9.17) is 5.26 Å². The first kappa shape index (κ1) is 15.6. The van der Waals surface area contributed by atoms with E-state index >= 15 is 0 Å². The second kappa shape index (κ2) is 7.82. The van der Waals surface area contributed by atoms with Crippen LogP contribution < -0.4 is 10.2 Å². The number of amidine groups is 1. The van der Waals surface area contributed by atoms with Crippen molar-refractivity contribution in [2.75, 3.05) is 13.3 Å². The summed E-state index contributed by atoms with van der Waals surface area (Å²) in [6.07, 6.45) is 0. The van der Waals surface area contributed by atoms with Crippen molar-refractivity contribution in [3.63, 3.8) is 0 Å². The van der Waals surface area contributed by atoms with E-state index in [2.05, 4.69) is 40.6 Å². The maximum absolute atomic E-state index is 8.81. The molecule has 0 radical (unpaired) electrons. The summed E-state index contributed by atoms with van der Waals surface area (Å²) in [4.78, 5) is 6.05. The molecular formula is C18H19N4S+. The molecule has 2 N–H and O–H groups in total. The normalized spacial score (nSPS) is 17.0. The summed E-state index contributed by atoms with van der Waals surface area (Å²) in [7, 11) is 0. The quantitative estimate of drug-likeness (QED) is 0.901. The van der Waals surface area contributed by atoms with Gasteiger partial charge in [0.2, 0.25) is 0 Å². The third kappa shape index (κ3) is 4.59. The predicted molar refractivity (Wildman–Crippen MR) is 93.9 cm³/mol. The minimum absolute atomic E-state index is 0.701. The van der Waals surface area contributed by atoms with Gasteiger partial charge in [-0.25, -0.2) is 4.99 Å². The lowest BCUT2D eigenvalue weighted by Crippen LogP contribution is -3.13. The van der Waals surface area contributed by atoms with Crippen molar-refractivity contribution in [1.82, 2.24) is 5.32 Å². The topological polar surface area (TPSA) is 52.6 Å². The minimum atomic E-state index is 0.701. The summed E-state index contributed by atoms with van der Waals surface area (Å²) >= 11 is 1.71. The standard InChI is InChI=1S/C18H18N4S/c19-10-15-6-8-17(9-7-15)12-23-18-20-13-22(14-21-18)11-16-4-2-1-3-5-16/h1-9H,11-14H2,(H,20,21)/p+1. The van der Waals surface area contributed by atoms with Crippen LogP contribution in [0.5, 0.6) is 0 Å². The Balaban J connectivity index is 1.48. The Labute approximate surface area is 140 Å². The molecule has 0 spiro atoms. The Morgan fingerprint density at radius 1 is 1.09 bits per heavy atom. The molecular weight excluding hydrogens is 304 g/mol. The molecule has 1 heterocycles. The van der Waals surface area contributed by atoms with Gasteiger partial charge in [-0.15, -0.1) is 0 Å². The molecule has 0 aromatic heterocycles. The molecule has 0 saturated carbocycles. The summed E-state index contributed by atoms with van der Waals surface area (Å²) in [5.74, 6) is 0.867. The van der Waals surface area contributed by atoms with Crippen LogP contribution >= 0.6 is 11.8 Å². The fourth-order valence-electron chi connectivity index (χ4n) is 2.42. The van der Waals surface area contributed by atoms with Gasteiger partial charge in [0.05, 0.1) is 11.6 Å². The average Bonchev–Trinajstić information content (AvgIpc) is 2.62. The molecule has 1 aliphatic heterocycles. The molecule has 0 saturated heterocycles. The van der Waals surface area contributed by atoms with Crippen LogP contribution in [0, 0.1) is 11.3 Å². The summed E-state index contributed by atoms with van der Waals surface area (Å²) in [6, 6.07) is 20.4. The number of nitriles is 1. The zero-order valence-corrected chi connectivity index (χ0v) is 13.6. The lowest BCUT2D eigenvalue weighted by Gasteiger charge is -2.23. The molecule has 5 heteroatoms. The van der Waals surface area contributed by atoms with Crippen LogP contribution in [0.25, 0.3) is 0 Å². The summed E-state index contributed by atoms with van der Waals surface area (Å²) in [5.41, 5.74) is 3.25. The van der Waals surface area contributed by atoms with E-state index in [-0.39, 0.29) is 0 Å². The van der Waals surface area contributed by atoms with E-state index in [0.717, 1.165) is 30.8 Å². The van der Waals surface area contributed by atoms with Gasteiger partial charge >= 0.3 is 0 Å². The molecule has 0 bridgehead atoms. The van der Waals surface area contributed by atoms with Crippen molar-refractivity contribution in [1.29, 1.82) is 5.26 Å². The monoisotopic (exact) mass is 323 g/mol. The van der Waals surface area contributed by atoms with Gasteiger partial charge in [0, 0.05) is 11.3 Å². The summed E-state index contributed by atoms with van der Waals surface area (Å²) in [5, 5.41) is 13.2. The van der Waals surface area contributed by atoms with E-state index < -0.39 is 0 Å². The molecule has 116 valence electrons. The van der Waals surface area contributed by atoms with Crippen molar-refractivity contribution < 1.29 is 4.90 Å². The van der Waals surface area contributed by atoms with Gasteiger partial charge in [-0.2, -0.15) is 5.26 Å². The van der Waals surface area contributed by atoms with Crippen LogP contribution in [0.2, 0.25) is 0 Å². The summed E-state index contributed by atoms with van der Waals surface area (Å²) in [6.45, 7) is 2.69. The zero-order chi connectivity index (χ0) is 15.9. The van der Waals surface area contributed by atoms with Crippen molar-refractivity contribution in [2.24, 2.45) is 4.99 Å². The van der Waals surface area contributed by atoms with Crippen molar-refractivity contribution in [3.8, 4) is 6.07 Å². The van der Waals surface area contributed by atoms with Crippen LogP contribution in [0.3, 0.4) is 0 Å². The zero-order valence-electron chi connectivity index (χ0n) is 12.8. The number of hydrogen-bond donors (Lipinski definition) is 2.